The first-order valence-corrected chi connectivity index (χ1v) is 9.08. The summed E-state index contributed by atoms with van der Waals surface area (Å²) in [7, 11) is 0. The van der Waals surface area contributed by atoms with Crippen LogP contribution < -0.4 is 10.6 Å². The van der Waals surface area contributed by atoms with Gasteiger partial charge in [0, 0.05) is 24.4 Å². The predicted molar refractivity (Wildman–Crippen MR) is 93.6 cm³/mol. The second kappa shape index (κ2) is 8.83. The Morgan fingerprint density at radius 2 is 2.04 bits per heavy atom. The summed E-state index contributed by atoms with van der Waals surface area (Å²) in [6.07, 6.45) is 0.358. The van der Waals surface area contributed by atoms with Crippen LogP contribution in [0.4, 0.5) is 15.2 Å². The standard InChI is InChI=1S/C15H19FN4OS2/c1-10(2)9-17-14-19-20-15(23-14)22-8-7-13(21)18-12-5-3-11(16)4-6-12/h3-6,10H,7-9H2,1-2H3,(H,17,19)(H,18,21). The molecule has 0 aliphatic carbocycles. The van der Waals surface area contributed by atoms with Gasteiger partial charge in [0.2, 0.25) is 11.0 Å². The zero-order valence-corrected chi connectivity index (χ0v) is 14.6. The number of nitrogens with one attached hydrogen (secondary N) is 2. The lowest BCUT2D eigenvalue weighted by Gasteiger charge is -2.04. The average Bonchev–Trinajstić information content (AvgIpc) is 2.95. The van der Waals surface area contributed by atoms with Gasteiger partial charge in [0.25, 0.3) is 0 Å². The molecule has 2 rings (SSSR count). The van der Waals surface area contributed by atoms with Crippen molar-refractivity contribution in [1.29, 1.82) is 0 Å². The van der Waals surface area contributed by atoms with Crippen molar-refractivity contribution in [2.24, 2.45) is 5.92 Å². The molecule has 0 aliphatic rings. The Hall–Kier alpha value is -1.67. The van der Waals surface area contributed by atoms with Gasteiger partial charge in [0.15, 0.2) is 4.34 Å². The molecule has 0 radical (unpaired) electrons. The van der Waals surface area contributed by atoms with Crippen LogP contribution in [0.5, 0.6) is 0 Å². The molecule has 0 spiro atoms. The fourth-order valence-corrected chi connectivity index (χ4v) is 3.39. The molecule has 2 aromatic rings. The molecule has 1 heterocycles. The summed E-state index contributed by atoms with van der Waals surface area (Å²) in [6, 6.07) is 5.71. The molecule has 0 saturated carbocycles. The zero-order valence-electron chi connectivity index (χ0n) is 13.0. The lowest BCUT2D eigenvalue weighted by molar-refractivity contribution is -0.115. The fourth-order valence-electron chi connectivity index (χ4n) is 1.62. The third-order valence-electron chi connectivity index (χ3n) is 2.75. The molecule has 0 fully saturated rings. The molecule has 0 unspecified atom stereocenters. The Labute approximate surface area is 143 Å². The topological polar surface area (TPSA) is 66.9 Å². The smallest absolute Gasteiger partial charge is 0.225 e. The van der Waals surface area contributed by atoms with E-state index < -0.39 is 0 Å². The first-order chi connectivity index (χ1) is 11.0. The summed E-state index contributed by atoms with van der Waals surface area (Å²) >= 11 is 2.99. The second-order valence-electron chi connectivity index (χ2n) is 5.30. The van der Waals surface area contributed by atoms with Gasteiger partial charge in [-0.25, -0.2) is 4.39 Å². The molecule has 1 aromatic heterocycles. The highest BCUT2D eigenvalue weighted by Gasteiger charge is 2.07. The predicted octanol–water partition coefficient (Wildman–Crippen LogP) is 3.87. The van der Waals surface area contributed by atoms with Gasteiger partial charge >= 0.3 is 0 Å². The van der Waals surface area contributed by atoms with Crippen molar-refractivity contribution < 1.29 is 9.18 Å². The van der Waals surface area contributed by atoms with Crippen LogP contribution in [0.2, 0.25) is 0 Å². The Morgan fingerprint density at radius 3 is 2.74 bits per heavy atom. The zero-order chi connectivity index (χ0) is 16.7. The van der Waals surface area contributed by atoms with Crippen LogP contribution in [-0.2, 0) is 4.79 Å². The minimum absolute atomic E-state index is 0.105. The molecule has 0 atom stereocenters. The maximum Gasteiger partial charge on any atom is 0.225 e. The minimum Gasteiger partial charge on any atom is -0.360 e. The fraction of sp³-hybridized carbons (Fsp3) is 0.400. The summed E-state index contributed by atoms with van der Waals surface area (Å²) in [6.45, 7) is 5.12. The number of aromatic nitrogens is 2. The molecule has 1 aromatic carbocycles. The number of rotatable bonds is 8. The third kappa shape index (κ3) is 6.54. The SMILES string of the molecule is CC(C)CNc1nnc(SCCC(=O)Nc2ccc(F)cc2)s1. The van der Waals surface area contributed by atoms with E-state index in [-0.39, 0.29) is 11.7 Å². The number of hydrogen-bond donors (Lipinski definition) is 2. The van der Waals surface area contributed by atoms with Gasteiger partial charge in [-0.05, 0) is 30.2 Å². The van der Waals surface area contributed by atoms with E-state index in [4.69, 9.17) is 0 Å². The van der Waals surface area contributed by atoms with Crippen molar-refractivity contribution in [2.75, 3.05) is 22.9 Å². The molecule has 2 N–H and O–H groups in total. The van der Waals surface area contributed by atoms with E-state index in [1.165, 1.54) is 47.4 Å². The number of amides is 1. The molecular formula is C15H19FN4OS2. The maximum absolute atomic E-state index is 12.8. The number of benzene rings is 1. The van der Waals surface area contributed by atoms with E-state index in [1.807, 2.05) is 0 Å². The summed E-state index contributed by atoms with van der Waals surface area (Å²) in [5.74, 6) is 0.736. The molecule has 8 heteroatoms. The first-order valence-electron chi connectivity index (χ1n) is 7.28. The largest absolute Gasteiger partial charge is 0.360 e. The van der Waals surface area contributed by atoms with Crippen LogP contribution >= 0.6 is 23.1 Å². The summed E-state index contributed by atoms with van der Waals surface area (Å²) in [5, 5.41) is 14.9. The quantitative estimate of drug-likeness (QED) is 0.705. The average molecular weight is 354 g/mol. The number of thioether (sulfide) groups is 1. The number of carbonyl (C=O) groups is 1. The van der Waals surface area contributed by atoms with E-state index in [9.17, 15) is 9.18 Å². The van der Waals surface area contributed by atoms with E-state index >= 15 is 0 Å². The van der Waals surface area contributed by atoms with Gasteiger partial charge in [-0.2, -0.15) is 0 Å². The van der Waals surface area contributed by atoms with Crippen molar-refractivity contribution in [3.63, 3.8) is 0 Å². The van der Waals surface area contributed by atoms with Gasteiger partial charge in [0.1, 0.15) is 5.82 Å². The van der Waals surface area contributed by atoms with E-state index in [0.29, 0.717) is 23.8 Å². The van der Waals surface area contributed by atoms with Crippen molar-refractivity contribution in [3.05, 3.63) is 30.1 Å². The highest BCUT2D eigenvalue weighted by Crippen LogP contribution is 2.26. The van der Waals surface area contributed by atoms with Crippen LogP contribution in [0.1, 0.15) is 20.3 Å². The van der Waals surface area contributed by atoms with E-state index in [1.54, 1.807) is 0 Å². The normalized spacial score (nSPS) is 10.8. The molecule has 5 nitrogen and oxygen atoms in total. The Bertz CT molecular complexity index is 631. The highest BCUT2D eigenvalue weighted by atomic mass is 32.2. The molecule has 0 aliphatic heterocycles. The Morgan fingerprint density at radius 1 is 1.30 bits per heavy atom. The van der Waals surface area contributed by atoms with Gasteiger partial charge in [-0.1, -0.05) is 36.9 Å². The van der Waals surface area contributed by atoms with Crippen LogP contribution in [-0.4, -0.2) is 28.4 Å². The highest BCUT2D eigenvalue weighted by molar-refractivity contribution is 8.01. The number of anilines is 2. The molecule has 0 bridgehead atoms. The monoisotopic (exact) mass is 354 g/mol. The Balaban J connectivity index is 1.70. The number of hydrogen-bond acceptors (Lipinski definition) is 6. The first kappa shape index (κ1) is 17.7. The molecule has 23 heavy (non-hydrogen) atoms. The van der Waals surface area contributed by atoms with E-state index in [2.05, 4.69) is 34.7 Å². The van der Waals surface area contributed by atoms with Gasteiger partial charge in [-0.15, -0.1) is 10.2 Å². The number of halogens is 1. The molecule has 124 valence electrons. The number of carbonyl (C=O) groups excluding carboxylic acids is 1. The minimum atomic E-state index is -0.322. The molecule has 1 amide bonds. The summed E-state index contributed by atoms with van der Waals surface area (Å²) < 4.78 is 13.6. The van der Waals surface area contributed by atoms with Gasteiger partial charge in [0.05, 0.1) is 0 Å². The second-order valence-corrected chi connectivity index (χ2v) is 7.62. The molecular weight excluding hydrogens is 335 g/mol. The van der Waals surface area contributed by atoms with Crippen LogP contribution in [0, 0.1) is 11.7 Å². The van der Waals surface area contributed by atoms with Crippen molar-refractivity contribution >= 4 is 39.8 Å². The van der Waals surface area contributed by atoms with Gasteiger partial charge in [-0.3, -0.25) is 4.79 Å². The summed E-state index contributed by atoms with van der Waals surface area (Å²) in [4.78, 5) is 11.8. The van der Waals surface area contributed by atoms with E-state index in [0.717, 1.165) is 16.0 Å². The van der Waals surface area contributed by atoms with Crippen LogP contribution in [0.3, 0.4) is 0 Å². The van der Waals surface area contributed by atoms with Crippen molar-refractivity contribution in [2.45, 2.75) is 24.6 Å². The number of nitrogens with zero attached hydrogens (tertiary/aromatic N) is 2. The lowest BCUT2D eigenvalue weighted by atomic mass is 10.2. The molecule has 0 saturated heterocycles. The van der Waals surface area contributed by atoms with Crippen molar-refractivity contribution in [3.8, 4) is 0 Å². The van der Waals surface area contributed by atoms with Gasteiger partial charge < -0.3 is 10.6 Å². The maximum atomic E-state index is 12.8. The van der Waals surface area contributed by atoms with Crippen molar-refractivity contribution in [1.82, 2.24) is 10.2 Å². The Kier molecular flexibility index (Phi) is 6.79. The lowest BCUT2D eigenvalue weighted by Crippen LogP contribution is -2.12. The van der Waals surface area contributed by atoms with Crippen LogP contribution in [0.25, 0.3) is 0 Å². The third-order valence-corrected chi connectivity index (χ3v) is 4.77. The summed E-state index contributed by atoms with van der Waals surface area (Å²) in [5.41, 5.74) is 0.595. The van der Waals surface area contributed by atoms with Crippen LogP contribution in [0.15, 0.2) is 28.6 Å².